The van der Waals surface area contributed by atoms with Crippen molar-refractivity contribution >= 4 is 29.1 Å². The minimum atomic E-state index is -0.142. The number of aromatic nitrogens is 2. The Kier molecular flexibility index (Phi) is 3.12. The van der Waals surface area contributed by atoms with E-state index in [4.69, 9.17) is 22.1 Å². The number of aliphatic hydroxyl groups is 1. The molecular formula is C11H16ClN5O2. The highest BCUT2D eigenvalue weighted by Crippen LogP contribution is 2.40. The summed E-state index contributed by atoms with van der Waals surface area (Å²) in [6.45, 7) is 2.66. The number of nitrogens with one attached hydrogen (secondary N) is 1. The van der Waals surface area contributed by atoms with Gasteiger partial charge in [0.25, 0.3) is 0 Å². The summed E-state index contributed by atoms with van der Waals surface area (Å²) in [4.78, 5) is 10.1. The number of ether oxygens (including phenoxy) is 1. The fraction of sp³-hybridized carbons (Fsp3) is 0.636. The first-order valence-electron chi connectivity index (χ1n) is 6.20. The van der Waals surface area contributed by atoms with E-state index in [0.717, 1.165) is 6.42 Å². The van der Waals surface area contributed by atoms with Crippen LogP contribution in [0.15, 0.2) is 0 Å². The van der Waals surface area contributed by atoms with Gasteiger partial charge in [0.2, 0.25) is 5.95 Å². The van der Waals surface area contributed by atoms with Gasteiger partial charge in [-0.05, 0) is 6.42 Å². The third kappa shape index (κ3) is 2.07. The second-order valence-electron chi connectivity index (χ2n) is 4.92. The normalized spacial score (nSPS) is 29.4. The quantitative estimate of drug-likeness (QED) is 0.686. The second kappa shape index (κ2) is 4.66. The first kappa shape index (κ1) is 12.7. The van der Waals surface area contributed by atoms with Crippen molar-refractivity contribution in [1.82, 2.24) is 9.97 Å². The molecule has 3 atom stereocenters. The number of hydrogen-bond acceptors (Lipinski definition) is 7. The van der Waals surface area contributed by atoms with Crippen molar-refractivity contribution < 1.29 is 9.84 Å². The Hall–Kier alpha value is -1.31. The maximum atomic E-state index is 9.20. The molecule has 2 aliphatic heterocycles. The Bertz CT molecular complexity index is 500. The fourth-order valence-electron chi connectivity index (χ4n) is 2.66. The topological polar surface area (TPSA) is 96.5 Å². The summed E-state index contributed by atoms with van der Waals surface area (Å²) in [5, 5.41) is 12.7. The van der Waals surface area contributed by atoms with Gasteiger partial charge in [-0.3, -0.25) is 0 Å². The molecule has 1 saturated heterocycles. The van der Waals surface area contributed by atoms with Gasteiger partial charge in [-0.15, -0.1) is 0 Å². The van der Waals surface area contributed by atoms with Crippen LogP contribution in [0.5, 0.6) is 0 Å². The Balaban J connectivity index is 1.90. The average molecular weight is 286 g/mol. The van der Waals surface area contributed by atoms with Crippen molar-refractivity contribution in [3.63, 3.8) is 0 Å². The van der Waals surface area contributed by atoms with Crippen LogP contribution in [0.25, 0.3) is 0 Å². The molecule has 3 heterocycles. The zero-order valence-corrected chi connectivity index (χ0v) is 11.3. The van der Waals surface area contributed by atoms with Crippen molar-refractivity contribution in [2.75, 3.05) is 29.2 Å². The largest absolute Gasteiger partial charge is 0.394 e. The third-order valence-corrected chi connectivity index (χ3v) is 3.80. The zero-order chi connectivity index (χ0) is 13.6. The molecule has 0 saturated carbocycles. The number of halogens is 1. The van der Waals surface area contributed by atoms with Gasteiger partial charge >= 0.3 is 0 Å². The van der Waals surface area contributed by atoms with Crippen molar-refractivity contribution in [3.05, 3.63) is 5.15 Å². The van der Waals surface area contributed by atoms with Crippen LogP contribution in [0.3, 0.4) is 0 Å². The SMILES string of the molecule is C[C@H]1C[C@@H](CO)O[C@H]1N1CNc2c(Cl)nc(N)nc21. The molecule has 104 valence electrons. The van der Waals surface area contributed by atoms with Gasteiger partial charge < -0.3 is 25.8 Å². The number of nitrogens with zero attached hydrogens (tertiary/aromatic N) is 3. The molecule has 1 fully saturated rings. The van der Waals surface area contributed by atoms with Gasteiger partial charge in [-0.2, -0.15) is 9.97 Å². The molecule has 8 heteroatoms. The molecule has 1 aromatic rings. The van der Waals surface area contributed by atoms with E-state index >= 15 is 0 Å². The molecule has 0 bridgehead atoms. The van der Waals surface area contributed by atoms with Crippen molar-refractivity contribution in [1.29, 1.82) is 0 Å². The van der Waals surface area contributed by atoms with E-state index in [-0.39, 0.29) is 24.9 Å². The Labute approximate surface area is 115 Å². The summed E-state index contributed by atoms with van der Waals surface area (Å²) in [6, 6.07) is 0. The summed E-state index contributed by atoms with van der Waals surface area (Å²) in [5.41, 5.74) is 6.32. The highest BCUT2D eigenvalue weighted by atomic mass is 35.5. The molecule has 0 aromatic carbocycles. The molecule has 0 radical (unpaired) electrons. The van der Waals surface area contributed by atoms with Crippen LogP contribution in [0, 0.1) is 5.92 Å². The number of anilines is 3. The molecule has 0 amide bonds. The highest BCUT2D eigenvalue weighted by molar-refractivity contribution is 6.32. The predicted octanol–water partition coefficient (Wildman–Crippen LogP) is 0.645. The van der Waals surface area contributed by atoms with Gasteiger partial charge in [-0.1, -0.05) is 18.5 Å². The van der Waals surface area contributed by atoms with E-state index in [1.165, 1.54) is 0 Å². The lowest BCUT2D eigenvalue weighted by Gasteiger charge is -2.27. The summed E-state index contributed by atoms with van der Waals surface area (Å²) < 4.78 is 5.83. The minimum absolute atomic E-state index is 0.0294. The molecule has 1 aromatic heterocycles. The van der Waals surface area contributed by atoms with Gasteiger partial charge in [0, 0.05) is 5.92 Å². The van der Waals surface area contributed by atoms with Crippen LogP contribution < -0.4 is 16.0 Å². The smallest absolute Gasteiger partial charge is 0.223 e. The maximum Gasteiger partial charge on any atom is 0.223 e. The number of aliphatic hydroxyl groups excluding tert-OH is 1. The summed E-state index contributed by atoms with van der Waals surface area (Å²) in [5.74, 6) is 1.09. The number of rotatable bonds is 2. The Morgan fingerprint density at radius 2 is 2.37 bits per heavy atom. The van der Waals surface area contributed by atoms with E-state index < -0.39 is 0 Å². The molecule has 2 aliphatic rings. The lowest BCUT2D eigenvalue weighted by atomic mass is 10.1. The number of hydrogen-bond donors (Lipinski definition) is 3. The van der Waals surface area contributed by atoms with Gasteiger partial charge in [0.1, 0.15) is 11.9 Å². The molecule has 19 heavy (non-hydrogen) atoms. The Morgan fingerprint density at radius 3 is 3.05 bits per heavy atom. The van der Waals surface area contributed by atoms with Crippen molar-refractivity contribution in [3.8, 4) is 0 Å². The monoisotopic (exact) mass is 285 g/mol. The van der Waals surface area contributed by atoms with Crippen LogP contribution >= 0.6 is 11.6 Å². The standard InChI is InChI=1S/C11H16ClN5O2/c1-5-2-6(3-18)19-10(5)17-4-14-7-8(12)15-11(13)16-9(7)17/h5-6,10,14,18H,2-4H2,1H3,(H2,13,15,16)/t5-,6-,10+/m0/s1. The maximum absolute atomic E-state index is 9.20. The molecule has 0 aliphatic carbocycles. The van der Waals surface area contributed by atoms with Gasteiger partial charge in [-0.25, -0.2) is 0 Å². The first-order valence-corrected chi connectivity index (χ1v) is 6.57. The van der Waals surface area contributed by atoms with E-state index in [0.29, 0.717) is 29.2 Å². The van der Waals surface area contributed by atoms with Crippen molar-refractivity contribution in [2.45, 2.75) is 25.7 Å². The van der Waals surface area contributed by atoms with Crippen LogP contribution in [0.2, 0.25) is 5.15 Å². The lowest BCUT2D eigenvalue weighted by Crippen LogP contribution is -2.39. The van der Waals surface area contributed by atoms with E-state index in [9.17, 15) is 5.11 Å². The van der Waals surface area contributed by atoms with Gasteiger partial charge in [0.05, 0.1) is 19.4 Å². The number of fused-ring (bicyclic) bond motifs is 1. The second-order valence-corrected chi connectivity index (χ2v) is 5.28. The summed E-state index contributed by atoms with van der Waals surface area (Å²) in [7, 11) is 0. The molecular weight excluding hydrogens is 270 g/mol. The van der Waals surface area contributed by atoms with E-state index in [1.807, 2.05) is 4.90 Å². The van der Waals surface area contributed by atoms with Crippen LogP contribution in [0.4, 0.5) is 17.5 Å². The average Bonchev–Trinajstić information content (AvgIpc) is 2.92. The first-order chi connectivity index (χ1) is 9.10. The lowest BCUT2D eigenvalue weighted by molar-refractivity contribution is 0.00585. The predicted molar refractivity (Wildman–Crippen MR) is 72.0 cm³/mol. The van der Waals surface area contributed by atoms with E-state index in [2.05, 4.69) is 22.2 Å². The van der Waals surface area contributed by atoms with Gasteiger partial charge in [0.15, 0.2) is 11.0 Å². The third-order valence-electron chi connectivity index (χ3n) is 3.53. The fourth-order valence-corrected chi connectivity index (χ4v) is 2.90. The Morgan fingerprint density at radius 1 is 1.58 bits per heavy atom. The van der Waals surface area contributed by atoms with Crippen LogP contribution in [-0.2, 0) is 4.74 Å². The van der Waals surface area contributed by atoms with Crippen molar-refractivity contribution in [2.24, 2.45) is 5.92 Å². The van der Waals surface area contributed by atoms with Crippen LogP contribution in [-0.4, -0.2) is 40.7 Å². The molecule has 0 unspecified atom stereocenters. The number of nitrogen functional groups attached to an aromatic ring is 1. The number of nitrogens with two attached hydrogens (primary N) is 1. The molecule has 7 nitrogen and oxygen atoms in total. The molecule has 3 rings (SSSR count). The van der Waals surface area contributed by atoms with Crippen LogP contribution in [0.1, 0.15) is 13.3 Å². The molecule has 0 spiro atoms. The highest BCUT2D eigenvalue weighted by Gasteiger charge is 2.39. The minimum Gasteiger partial charge on any atom is -0.394 e. The van der Waals surface area contributed by atoms with E-state index in [1.54, 1.807) is 0 Å². The molecule has 4 N–H and O–H groups in total. The summed E-state index contributed by atoms with van der Waals surface area (Å²) in [6.07, 6.45) is 0.552. The summed E-state index contributed by atoms with van der Waals surface area (Å²) >= 11 is 6.04. The zero-order valence-electron chi connectivity index (χ0n) is 10.5.